The van der Waals surface area contributed by atoms with E-state index in [0.717, 1.165) is 0 Å². The van der Waals surface area contributed by atoms with Crippen LogP contribution in [0.2, 0.25) is 0 Å². The van der Waals surface area contributed by atoms with E-state index in [1.807, 2.05) is 0 Å². The van der Waals surface area contributed by atoms with Crippen LogP contribution < -0.4 is 5.32 Å². The van der Waals surface area contributed by atoms with Crippen LogP contribution in [0.4, 0.5) is 5.82 Å². The Labute approximate surface area is 109 Å². The van der Waals surface area contributed by atoms with Crippen molar-refractivity contribution in [3.63, 3.8) is 0 Å². The van der Waals surface area contributed by atoms with Crippen molar-refractivity contribution in [3.8, 4) is 0 Å². The van der Waals surface area contributed by atoms with E-state index in [0.29, 0.717) is 25.8 Å². The van der Waals surface area contributed by atoms with Crippen molar-refractivity contribution in [2.75, 3.05) is 6.54 Å². The quantitative estimate of drug-likeness (QED) is 0.372. The molecule has 0 fully saturated rings. The molecule has 0 bridgehead atoms. The summed E-state index contributed by atoms with van der Waals surface area (Å²) in [6, 6.07) is 2.57. The molecule has 0 aromatic carbocycles. The average molecular weight is 269 g/mol. The minimum absolute atomic E-state index is 0.122. The van der Waals surface area contributed by atoms with Crippen molar-refractivity contribution in [2.24, 2.45) is 0 Å². The lowest BCUT2D eigenvalue weighted by Crippen LogP contribution is -2.24. The monoisotopic (exact) mass is 269 g/mol. The first-order valence-corrected chi connectivity index (χ1v) is 5.84. The summed E-state index contributed by atoms with van der Waals surface area (Å²) >= 11 is 0. The van der Waals surface area contributed by atoms with Crippen molar-refractivity contribution in [1.29, 1.82) is 0 Å². The Morgan fingerprint density at radius 1 is 1.32 bits per heavy atom. The number of H-pyrrole nitrogens is 1. The molecule has 0 saturated heterocycles. The Morgan fingerprint density at radius 3 is 2.63 bits per heavy atom. The number of amides is 1. The summed E-state index contributed by atoms with van der Waals surface area (Å²) in [6.07, 6.45) is 2.06. The number of aliphatic carboxylic acids is 1. The topological polar surface area (TPSA) is 125 Å². The third kappa shape index (κ3) is 5.19. The number of aromatic nitrogens is 1. The second-order valence-electron chi connectivity index (χ2n) is 3.97. The number of nitrogens with one attached hydrogen (secondary N) is 2. The van der Waals surface area contributed by atoms with Crippen LogP contribution in [0.5, 0.6) is 0 Å². The summed E-state index contributed by atoms with van der Waals surface area (Å²) in [7, 11) is 0. The maximum Gasteiger partial charge on any atom is 0.321 e. The van der Waals surface area contributed by atoms with Gasteiger partial charge in [0.05, 0.1) is 0 Å². The number of carboxylic acids is 1. The summed E-state index contributed by atoms with van der Waals surface area (Å²) in [5.41, 5.74) is 0.136. The van der Waals surface area contributed by atoms with Crippen LogP contribution in [0, 0.1) is 10.1 Å². The second kappa shape index (κ2) is 7.14. The van der Waals surface area contributed by atoms with Gasteiger partial charge in [-0.25, -0.2) is 4.98 Å². The highest BCUT2D eigenvalue weighted by Gasteiger charge is 2.14. The van der Waals surface area contributed by atoms with E-state index in [1.165, 1.54) is 12.1 Å². The molecule has 0 radical (unpaired) electrons. The molecule has 1 aromatic rings. The van der Waals surface area contributed by atoms with E-state index >= 15 is 0 Å². The Hall–Kier alpha value is -2.38. The van der Waals surface area contributed by atoms with Crippen LogP contribution in [0.15, 0.2) is 12.1 Å². The van der Waals surface area contributed by atoms with E-state index in [2.05, 4.69) is 10.3 Å². The Kier molecular flexibility index (Phi) is 5.52. The van der Waals surface area contributed by atoms with Gasteiger partial charge in [-0.2, -0.15) is 0 Å². The highest BCUT2D eigenvalue weighted by atomic mass is 16.6. The number of carbonyl (C=O) groups is 2. The molecule has 1 aromatic heterocycles. The third-order valence-electron chi connectivity index (χ3n) is 2.46. The highest BCUT2D eigenvalue weighted by molar-refractivity contribution is 5.92. The number of carboxylic acid groups (broad SMARTS) is 1. The van der Waals surface area contributed by atoms with Crippen LogP contribution in [-0.4, -0.2) is 33.4 Å². The standard InChI is InChI=1S/C11H15N3O5/c15-10(16)4-2-1-3-7-12-11(17)8-5-6-9(13-8)14(18)19/h5-6,13H,1-4,7H2,(H,12,17)(H,15,16). The van der Waals surface area contributed by atoms with Gasteiger partial charge in [0.1, 0.15) is 0 Å². The summed E-state index contributed by atoms with van der Waals surface area (Å²) in [4.78, 5) is 34.0. The van der Waals surface area contributed by atoms with E-state index in [-0.39, 0.29) is 17.9 Å². The molecule has 0 aliphatic carbocycles. The van der Waals surface area contributed by atoms with Crippen molar-refractivity contribution in [3.05, 3.63) is 27.9 Å². The molecule has 3 N–H and O–H groups in total. The first-order chi connectivity index (χ1) is 9.00. The van der Waals surface area contributed by atoms with E-state index in [9.17, 15) is 19.7 Å². The number of hydrogen-bond acceptors (Lipinski definition) is 4. The Morgan fingerprint density at radius 2 is 2.05 bits per heavy atom. The lowest BCUT2D eigenvalue weighted by atomic mass is 10.2. The number of hydrogen-bond donors (Lipinski definition) is 3. The zero-order valence-corrected chi connectivity index (χ0v) is 10.2. The van der Waals surface area contributed by atoms with Gasteiger partial charge in [0.25, 0.3) is 5.91 Å². The molecule has 8 heteroatoms. The van der Waals surface area contributed by atoms with Gasteiger partial charge in [-0.05, 0) is 23.8 Å². The fourth-order valence-corrected chi connectivity index (χ4v) is 1.50. The van der Waals surface area contributed by atoms with Gasteiger partial charge in [0, 0.05) is 19.0 Å². The van der Waals surface area contributed by atoms with E-state index in [4.69, 9.17) is 5.11 Å². The number of unbranched alkanes of at least 4 members (excludes halogenated alkanes) is 2. The zero-order chi connectivity index (χ0) is 14.3. The smallest absolute Gasteiger partial charge is 0.321 e. The maximum absolute atomic E-state index is 11.6. The molecule has 8 nitrogen and oxygen atoms in total. The lowest BCUT2D eigenvalue weighted by molar-refractivity contribution is -0.389. The molecule has 0 saturated carbocycles. The van der Waals surface area contributed by atoms with Gasteiger partial charge in [-0.1, -0.05) is 6.42 Å². The molecule has 0 unspecified atom stereocenters. The largest absolute Gasteiger partial charge is 0.481 e. The van der Waals surface area contributed by atoms with Crippen molar-refractivity contribution in [1.82, 2.24) is 10.3 Å². The van der Waals surface area contributed by atoms with E-state index in [1.54, 1.807) is 0 Å². The predicted octanol–water partition coefficient (Wildman–Crippen LogP) is 1.30. The summed E-state index contributed by atoms with van der Waals surface area (Å²) in [6.45, 7) is 0.408. The van der Waals surface area contributed by atoms with Crippen LogP contribution in [0.1, 0.15) is 36.2 Å². The minimum Gasteiger partial charge on any atom is -0.481 e. The fourth-order valence-electron chi connectivity index (χ4n) is 1.50. The zero-order valence-electron chi connectivity index (χ0n) is 10.2. The molecular formula is C11H15N3O5. The molecule has 104 valence electrons. The SMILES string of the molecule is O=C(O)CCCCCNC(=O)c1ccc([N+](=O)[O-])[nH]1. The molecule has 1 rings (SSSR count). The van der Waals surface area contributed by atoms with Gasteiger partial charge in [0.2, 0.25) is 0 Å². The number of aromatic amines is 1. The number of carbonyl (C=O) groups excluding carboxylic acids is 1. The summed E-state index contributed by atoms with van der Waals surface area (Å²) in [5, 5.41) is 21.4. The molecular weight excluding hydrogens is 254 g/mol. The van der Waals surface area contributed by atoms with Crippen LogP contribution >= 0.6 is 0 Å². The molecule has 0 aliphatic heterocycles. The number of nitrogens with zero attached hydrogens (tertiary/aromatic N) is 1. The predicted molar refractivity (Wildman–Crippen MR) is 65.9 cm³/mol. The average Bonchev–Trinajstić information content (AvgIpc) is 2.82. The van der Waals surface area contributed by atoms with Crippen molar-refractivity contribution >= 4 is 17.7 Å². The van der Waals surface area contributed by atoms with Gasteiger partial charge < -0.3 is 20.5 Å². The highest BCUT2D eigenvalue weighted by Crippen LogP contribution is 2.09. The maximum atomic E-state index is 11.6. The van der Waals surface area contributed by atoms with E-state index < -0.39 is 16.8 Å². The van der Waals surface area contributed by atoms with Crippen LogP contribution in [-0.2, 0) is 4.79 Å². The van der Waals surface area contributed by atoms with Crippen LogP contribution in [0.3, 0.4) is 0 Å². The van der Waals surface area contributed by atoms with Crippen molar-refractivity contribution < 1.29 is 19.6 Å². The molecule has 1 amide bonds. The first kappa shape index (κ1) is 14.7. The van der Waals surface area contributed by atoms with Gasteiger partial charge in [-0.3, -0.25) is 9.59 Å². The second-order valence-corrected chi connectivity index (χ2v) is 3.97. The number of rotatable bonds is 8. The normalized spacial score (nSPS) is 10.1. The Bertz CT molecular complexity index is 469. The fraction of sp³-hybridized carbons (Fsp3) is 0.455. The molecule has 19 heavy (non-hydrogen) atoms. The molecule has 0 spiro atoms. The molecule has 0 atom stereocenters. The number of nitro groups is 1. The van der Waals surface area contributed by atoms with Gasteiger partial charge in [0.15, 0.2) is 5.69 Å². The van der Waals surface area contributed by atoms with Crippen LogP contribution in [0.25, 0.3) is 0 Å². The summed E-state index contributed by atoms with van der Waals surface area (Å²) < 4.78 is 0. The molecule has 1 heterocycles. The first-order valence-electron chi connectivity index (χ1n) is 5.84. The third-order valence-corrected chi connectivity index (χ3v) is 2.46. The van der Waals surface area contributed by atoms with Crippen molar-refractivity contribution in [2.45, 2.75) is 25.7 Å². The van der Waals surface area contributed by atoms with Gasteiger partial charge in [-0.15, -0.1) is 0 Å². The summed E-state index contributed by atoms with van der Waals surface area (Å²) in [5.74, 6) is -1.47. The lowest BCUT2D eigenvalue weighted by Gasteiger charge is -2.01. The van der Waals surface area contributed by atoms with Gasteiger partial charge >= 0.3 is 11.8 Å². The molecule has 0 aliphatic rings. The minimum atomic E-state index is -0.831. The Balaban J connectivity index is 2.23.